The van der Waals surface area contributed by atoms with Crippen LogP contribution in [0.3, 0.4) is 0 Å². The lowest BCUT2D eigenvalue weighted by atomic mass is 9.87. The molecule has 0 aliphatic heterocycles. The first-order chi connectivity index (χ1) is 17.6. The maximum absolute atomic E-state index is 12.7. The number of aromatic amines is 1. The molecule has 7 nitrogen and oxygen atoms in total. The van der Waals surface area contributed by atoms with Crippen LogP contribution in [-0.2, 0) is 18.6 Å². The second-order valence-corrected chi connectivity index (χ2v) is 9.52. The van der Waals surface area contributed by atoms with Crippen molar-refractivity contribution >= 4 is 23.5 Å². The van der Waals surface area contributed by atoms with Crippen LogP contribution in [0.1, 0.15) is 62.2 Å². The molecule has 2 heterocycles. The number of nitrogens with zero attached hydrogens (tertiary/aromatic N) is 2. The zero-order chi connectivity index (χ0) is 24.9. The Balaban J connectivity index is 1.52. The highest BCUT2D eigenvalue weighted by molar-refractivity contribution is 7.98. The van der Waals surface area contributed by atoms with E-state index in [0.29, 0.717) is 29.4 Å². The summed E-state index contributed by atoms with van der Waals surface area (Å²) in [6.45, 7) is 0. The summed E-state index contributed by atoms with van der Waals surface area (Å²) in [5.41, 5.74) is 3.79. The number of nitrogens with one attached hydrogen (secondary N) is 1. The molecule has 0 spiro atoms. The first kappa shape index (κ1) is 23.8. The molecule has 2 N–H and O–H groups in total. The number of H-pyrrole nitrogens is 1. The van der Waals surface area contributed by atoms with Crippen molar-refractivity contribution in [1.29, 1.82) is 0 Å². The van der Waals surface area contributed by atoms with Crippen molar-refractivity contribution in [2.24, 2.45) is 0 Å². The van der Waals surface area contributed by atoms with Crippen LogP contribution in [0.15, 0.2) is 78.2 Å². The minimum atomic E-state index is -1.02. The summed E-state index contributed by atoms with van der Waals surface area (Å²) >= 11 is 1.34. The van der Waals surface area contributed by atoms with Gasteiger partial charge in [-0.1, -0.05) is 30.3 Å². The van der Waals surface area contributed by atoms with Gasteiger partial charge in [0.2, 0.25) is 0 Å². The quantitative estimate of drug-likeness (QED) is 0.286. The van der Waals surface area contributed by atoms with E-state index in [1.165, 1.54) is 11.8 Å². The largest absolute Gasteiger partial charge is 0.485 e. The van der Waals surface area contributed by atoms with E-state index in [9.17, 15) is 14.7 Å². The Morgan fingerprint density at radius 2 is 1.92 bits per heavy atom. The first-order valence-corrected chi connectivity index (χ1v) is 12.8. The van der Waals surface area contributed by atoms with E-state index in [0.717, 1.165) is 40.9 Å². The average Bonchev–Trinajstić information content (AvgIpc) is 3.41. The molecule has 0 bridgehead atoms. The molecule has 0 fully saturated rings. The molecule has 1 aliphatic rings. The van der Waals surface area contributed by atoms with Gasteiger partial charge >= 0.3 is 5.97 Å². The van der Waals surface area contributed by atoms with Gasteiger partial charge in [0.1, 0.15) is 22.7 Å². The SMILES string of the molecule is O=C(O)c1cccnc1SCc1c(O[C@@H](Cc2ncc[nH]2)c2ccccc2)ccc2c1CCCC2=O. The predicted octanol–water partition coefficient (Wildman–Crippen LogP) is 5.68. The molecular formula is C28H25N3O4S. The molecule has 2 aromatic carbocycles. The molecule has 2 aromatic heterocycles. The van der Waals surface area contributed by atoms with Crippen LogP contribution < -0.4 is 4.74 Å². The van der Waals surface area contributed by atoms with Gasteiger partial charge < -0.3 is 14.8 Å². The number of fused-ring (bicyclic) bond motifs is 1. The maximum Gasteiger partial charge on any atom is 0.338 e. The maximum atomic E-state index is 12.7. The molecule has 0 saturated carbocycles. The summed E-state index contributed by atoms with van der Waals surface area (Å²) in [5.74, 6) is 1.05. The number of carbonyl (C=O) groups is 2. The van der Waals surface area contributed by atoms with Gasteiger partial charge in [-0.2, -0.15) is 0 Å². The number of ether oxygens (including phenoxy) is 1. The Morgan fingerprint density at radius 1 is 1.06 bits per heavy atom. The van der Waals surface area contributed by atoms with Crippen molar-refractivity contribution in [2.45, 2.75) is 42.6 Å². The van der Waals surface area contributed by atoms with Gasteiger partial charge in [-0.3, -0.25) is 4.79 Å². The highest BCUT2D eigenvalue weighted by Crippen LogP contribution is 2.38. The Morgan fingerprint density at radius 3 is 2.69 bits per heavy atom. The van der Waals surface area contributed by atoms with Crippen molar-refractivity contribution < 1.29 is 19.4 Å². The summed E-state index contributed by atoms with van der Waals surface area (Å²) < 4.78 is 6.65. The number of ketones is 1. The number of rotatable bonds is 9. The number of imidazole rings is 1. The zero-order valence-corrected chi connectivity index (χ0v) is 20.3. The number of hydrogen-bond acceptors (Lipinski definition) is 6. The van der Waals surface area contributed by atoms with Gasteiger partial charge in [-0.15, -0.1) is 11.8 Å². The van der Waals surface area contributed by atoms with E-state index in [1.54, 1.807) is 30.7 Å². The molecule has 0 radical (unpaired) electrons. The lowest BCUT2D eigenvalue weighted by Gasteiger charge is -2.25. The third-order valence-corrected chi connectivity index (χ3v) is 7.28. The number of aromatic carboxylic acids is 1. The molecule has 0 saturated heterocycles. The highest BCUT2D eigenvalue weighted by atomic mass is 32.2. The van der Waals surface area contributed by atoms with Crippen LogP contribution in [0.4, 0.5) is 0 Å². The standard InChI is InChI=1S/C28H25N3O4S/c32-23-10-4-8-19-20(23)11-12-24(22(19)17-36-27-21(28(33)34)9-5-13-31-27)35-25(16-26-29-14-15-30-26)18-6-2-1-3-7-18/h1-3,5-7,9,11-15,25H,4,8,10,16-17H2,(H,29,30)(H,33,34)/t25-/m0/s1. The minimum Gasteiger partial charge on any atom is -0.485 e. The summed E-state index contributed by atoms with van der Waals surface area (Å²) in [4.78, 5) is 36.2. The number of benzene rings is 2. The summed E-state index contributed by atoms with van der Waals surface area (Å²) in [6, 6.07) is 16.9. The number of aromatic nitrogens is 3. The summed E-state index contributed by atoms with van der Waals surface area (Å²) in [5, 5.41) is 10.0. The van der Waals surface area contributed by atoms with Crippen LogP contribution in [0, 0.1) is 0 Å². The molecule has 36 heavy (non-hydrogen) atoms. The molecule has 0 amide bonds. The van der Waals surface area contributed by atoms with Crippen LogP contribution >= 0.6 is 11.8 Å². The summed E-state index contributed by atoms with van der Waals surface area (Å²) in [7, 11) is 0. The smallest absolute Gasteiger partial charge is 0.338 e. The van der Waals surface area contributed by atoms with Crippen molar-refractivity contribution in [2.75, 3.05) is 0 Å². The number of carbonyl (C=O) groups excluding carboxylic acids is 1. The number of carboxylic acids is 1. The van der Waals surface area contributed by atoms with Crippen LogP contribution in [0.5, 0.6) is 5.75 Å². The first-order valence-electron chi connectivity index (χ1n) is 11.8. The molecule has 8 heteroatoms. The fourth-order valence-electron chi connectivity index (χ4n) is 4.49. The minimum absolute atomic E-state index is 0.133. The topological polar surface area (TPSA) is 105 Å². The van der Waals surface area contributed by atoms with Crippen molar-refractivity contribution in [3.8, 4) is 5.75 Å². The molecular weight excluding hydrogens is 474 g/mol. The zero-order valence-electron chi connectivity index (χ0n) is 19.5. The third kappa shape index (κ3) is 5.18. The lowest BCUT2D eigenvalue weighted by molar-refractivity contribution is 0.0692. The van der Waals surface area contributed by atoms with Gasteiger partial charge in [0.05, 0.1) is 5.56 Å². The van der Waals surface area contributed by atoms with Gasteiger partial charge in [0.25, 0.3) is 0 Å². The number of pyridine rings is 1. The molecule has 5 rings (SSSR count). The second-order valence-electron chi connectivity index (χ2n) is 8.55. The predicted molar refractivity (Wildman–Crippen MR) is 137 cm³/mol. The van der Waals surface area contributed by atoms with Gasteiger partial charge in [0, 0.05) is 48.3 Å². The number of hydrogen-bond donors (Lipinski definition) is 2. The molecule has 1 atom stereocenters. The summed E-state index contributed by atoms with van der Waals surface area (Å²) in [6.07, 6.45) is 7.43. The fraction of sp³-hybridized carbons (Fsp3) is 0.214. The Kier molecular flexibility index (Phi) is 7.13. The monoisotopic (exact) mass is 499 g/mol. The van der Waals surface area contributed by atoms with Gasteiger partial charge in [0.15, 0.2) is 5.78 Å². The normalized spacial score (nSPS) is 13.7. The van der Waals surface area contributed by atoms with Crippen LogP contribution in [0.2, 0.25) is 0 Å². The Hall–Kier alpha value is -3.91. The lowest BCUT2D eigenvalue weighted by Crippen LogP contribution is -2.17. The molecule has 0 unspecified atom stereocenters. The van der Waals surface area contributed by atoms with Crippen LogP contribution in [0.25, 0.3) is 0 Å². The number of thioether (sulfide) groups is 1. The van der Waals surface area contributed by atoms with E-state index in [-0.39, 0.29) is 17.5 Å². The van der Waals surface area contributed by atoms with Crippen molar-refractivity contribution in [1.82, 2.24) is 15.0 Å². The average molecular weight is 500 g/mol. The van der Waals surface area contributed by atoms with Gasteiger partial charge in [-0.25, -0.2) is 14.8 Å². The van der Waals surface area contributed by atoms with E-state index in [4.69, 9.17) is 4.74 Å². The molecule has 1 aliphatic carbocycles. The third-order valence-electron chi connectivity index (χ3n) is 6.25. The van der Waals surface area contributed by atoms with Gasteiger partial charge in [-0.05, 0) is 48.2 Å². The second kappa shape index (κ2) is 10.8. The van der Waals surface area contributed by atoms with E-state index in [1.807, 2.05) is 42.5 Å². The Labute approximate surface area is 213 Å². The fourth-order valence-corrected chi connectivity index (χ4v) is 5.53. The van der Waals surface area contributed by atoms with Crippen molar-refractivity contribution in [3.63, 3.8) is 0 Å². The van der Waals surface area contributed by atoms with Crippen molar-refractivity contribution in [3.05, 3.63) is 107 Å². The van der Waals surface area contributed by atoms with E-state index in [2.05, 4.69) is 15.0 Å². The number of carboxylic acid groups (broad SMARTS) is 1. The van der Waals surface area contributed by atoms with Crippen LogP contribution in [-0.4, -0.2) is 31.8 Å². The molecule has 4 aromatic rings. The number of Topliss-reactive ketones (excluding diaryl/α,β-unsaturated/α-hetero) is 1. The van der Waals surface area contributed by atoms with E-state index >= 15 is 0 Å². The Bertz CT molecular complexity index is 1370. The molecule has 182 valence electrons. The highest BCUT2D eigenvalue weighted by Gasteiger charge is 2.25. The van der Waals surface area contributed by atoms with E-state index < -0.39 is 5.97 Å².